The van der Waals surface area contributed by atoms with Gasteiger partial charge in [-0.1, -0.05) is 5.10 Å². The lowest BCUT2D eigenvalue weighted by molar-refractivity contribution is -0.384. The normalized spacial score (nSPS) is 13.9. The molecule has 2 N–H and O–H groups in total. The van der Waals surface area contributed by atoms with Crippen molar-refractivity contribution in [3.63, 3.8) is 0 Å². The molecule has 1 aromatic carbocycles. The lowest BCUT2D eigenvalue weighted by Crippen LogP contribution is -2.37. The van der Waals surface area contributed by atoms with Crippen LogP contribution < -0.4 is 15.5 Å². The minimum atomic E-state index is -0.590. The number of morpholine rings is 1. The first-order valence-electron chi connectivity index (χ1n) is 7.91. The highest BCUT2D eigenvalue weighted by molar-refractivity contribution is 7.80. The summed E-state index contributed by atoms with van der Waals surface area (Å²) in [6.45, 7) is 2.09. The van der Waals surface area contributed by atoms with E-state index < -0.39 is 10.8 Å². The Morgan fingerprint density at radius 3 is 2.74 bits per heavy atom. The van der Waals surface area contributed by atoms with Crippen molar-refractivity contribution in [2.75, 3.05) is 36.5 Å². The number of hydrogen-bond acceptors (Lipinski definition) is 9. The molecule has 0 saturated carbocycles. The zero-order valence-electron chi connectivity index (χ0n) is 14.3. The fourth-order valence-electron chi connectivity index (χ4n) is 2.52. The third-order valence-corrected chi connectivity index (χ3v) is 3.95. The summed E-state index contributed by atoms with van der Waals surface area (Å²) >= 11 is 5.02. The Morgan fingerprint density at radius 1 is 1.37 bits per heavy atom. The number of ether oxygens (including phenoxy) is 1. The summed E-state index contributed by atoms with van der Waals surface area (Å²) in [7, 11) is 1.58. The van der Waals surface area contributed by atoms with Crippen LogP contribution in [-0.2, 0) is 11.8 Å². The van der Waals surface area contributed by atoms with Crippen LogP contribution in [0, 0.1) is 10.1 Å². The summed E-state index contributed by atoms with van der Waals surface area (Å²) in [5.74, 6) is -0.468. The van der Waals surface area contributed by atoms with E-state index in [4.69, 9.17) is 17.0 Å². The minimum Gasteiger partial charge on any atom is -0.378 e. The number of nitrogens with one attached hydrogen (secondary N) is 2. The Kier molecular flexibility index (Phi) is 5.52. The van der Waals surface area contributed by atoms with Crippen molar-refractivity contribution in [3.05, 3.63) is 33.9 Å². The van der Waals surface area contributed by atoms with Crippen molar-refractivity contribution in [2.24, 2.45) is 7.05 Å². The van der Waals surface area contributed by atoms with E-state index in [0.29, 0.717) is 32.0 Å². The molecule has 2 aromatic rings. The van der Waals surface area contributed by atoms with Crippen molar-refractivity contribution in [3.8, 4) is 0 Å². The summed E-state index contributed by atoms with van der Waals surface area (Å²) in [5.41, 5.74) is 0.401. The Morgan fingerprint density at radius 2 is 2.11 bits per heavy atom. The van der Waals surface area contributed by atoms with Gasteiger partial charge in [-0.2, -0.15) is 4.80 Å². The second kappa shape index (κ2) is 8.01. The number of nitro groups is 1. The molecule has 0 radical (unpaired) electrons. The summed E-state index contributed by atoms with van der Waals surface area (Å²) in [4.78, 5) is 26.4. The molecular formula is C14H16N8O4S. The van der Waals surface area contributed by atoms with Gasteiger partial charge in [-0.05, 0) is 29.6 Å². The van der Waals surface area contributed by atoms with Gasteiger partial charge in [0.1, 0.15) is 5.69 Å². The topological polar surface area (TPSA) is 140 Å². The number of aromatic nitrogens is 4. The van der Waals surface area contributed by atoms with Gasteiger partial charge in [-0.3, -0.25) is 25.5 Å². The van der Waals surface area contributed by atoms with Crippen LogP contribution in [0.3, 0.4) is 0 Å². The summed E-state index contributed by atoms with van der Waals surface area (Å²) in [6.07, 6.45) is 0. The second-order valence-electron chi connectivity index (χ2n) is 5.57. The molecule has 13 heteroatoms. The van der Waals surface area contributed by atoms with Gasteiger partial charge in [0.25, 0.3) is 17.5 Å². The van der Waals surface area contributed by atoms with Gasteiger partial charge in [0.2, 0.25) is 0 Å². The van der Waals surface area contributed by atoms with Crippen LogP contribution in [0.4, 0.5) is 17.3 Å². The van der Waals surface area contributed by atoms with Gasteiger partial charge in [-0.25, -0.2) is 0 Å². The third-order valence-electron chi connectivity index (χ3n) is 3.75. The zero-order chi connectivity index (χ0) is 19.4. The van der Waals surface area contributed by atoms with Gasteiger partial charge in [0.05, 0.1) is 25.2 Å². The molecule has 27 heavy (non-hydrogen) atoms. The maximum absolute atomic E-state index is 12.4. The molecule has 12 nitrogen and oxygen atoms in total. The first kappa shape index (κ1) is 18.6. The van der Waals surface area contributed by atoms with Crippen molar-refractivity contribution in [1.29, 1.82) is 0 Å². The average Bonchev–Trinajstić information content (AvgIpc) is 3.06. The molecule has 2 heterocycles. The number of rotatable bonds is 4. The molecular weight excluding hydrogens is 376 g/mol. The van der Waals surface area contributed by atoms with Crippen molar-refractivity contribution in [1.82, 2.24) is 25.5 Å². The van der Waals surface area contributed by atoms with E-state index in [9.17, 15) is 14.9 Å². The number of anilines is 2. The van der Waals surface area contributed by atoms with E-state index in [-0.39, 0.29) is 22.3 Å². The van der Waals surface area contributed by atoms with E-state index in [1.807, 2.05) is 4.90 Å². The molecule has 0 unspecified atom stereocenters. The molecule has 142 valence electrons. The number of tetrazole rings is 1. The maximum Gasteiger partial charge on any atom is 0.293 e. The fourth-order valence-corrected chi connectivity index (χ4v) is 2.71. The Hall–Kier alpha value is -3.19. The van der Waals surface area contributed by atoms with Gasteiger partial charge >= 0.3 is 0 Å². The highest BCUT2D eigenvalue weighted by atomic mass is 32.1. The lowest BCUT2D eigenvalue weighted by Gasteiger charge is -2.28. The van der Waals surface area contributed by atoms with E-state index in [2.05, 4.69) is 26.0 Å². The molecule has 1 aliphatic heterocycles. The van der Waals surface area contributed by atoms with Gasteiger partial charge in [-0.15, -0.1) is 5.10 Å². The van der Waals surface area contributed by atoms with Gasteiger partial charge in [0.15, 0.2) is 5.11 Å². The lowest BCUT2D eigenvalue weighted by atomic mass is 10.1. The number of hydrogen-bond donors (Lipinski definition) is 2. The van der Waals surface area contributed by atoms with Crippen LogP contribution in [-0.4, -0.2) is 62.5 Å². The predicted molar refractivity (Wildman–Crippen MR) is 98.6 cm³/mol. The molecule has 1 amide bonds. The van der Waals surface area contributed by atoms with Crippen LogP contribution >= 0.6 is 12.2 Å². The van der Waals surface area contributed by atoms with Crippen LogP contribution in [0.25, 0.3) is 0 Å². The van der Waals surface area contributed by atoms with Crippen LogP contribution in [0.2, 0.25) is 0 Å². The largest absolute Gasteiger partial charge is 0.378 e. The predicted octanol–water partition coefficient (Wildman–Crippen LogP) is 0.0817. The quantitative estimate of drug-likeness (QED) is 0.417. The molecule has 1 fully saturated rings. The van der Waals surface area contributed by atoms with Crippen molar-refractivity contribution >= 4 is 40.6 Å². The Bertz CT molecular complexity index is 880. The number of thiocarbonyl (C=S) groups is 1. The Labute approximate surface area is 158 Å². The standard InChI is InChI=1S/C14H16N8O4S/c1-20-18-13(17-19-20)16-14(27)15-12(23)9-2-3-10(11(8-9)22(24)25)21-4-6-26-7-5-21/h2-3,8H,4-7H2,1H3,(H2,15,16,18,23,27). The molecule has 1 aliphatic rings. The SMILES string of the molecule is Cn1nnc(NC(=S)NC(=O)c2ccc(N3CCOCC3)c([N+](=O)[O-])c2)n1. The molecule has 0 spiro atoms. The first-order chi connectivity index (χ1) is 12.9. The van der Waals surface area contributed by atoms with Crippen LogP contribution in [0.5, 0.6) is 0 Å². The van der Waals surface area contributed by atoms with Crippen LogP contribution in [0.15, 0.2) is 18.2 Å². The monoisotopic (exact) mass is 392 g/mol. The zero-order valence-corrected chi connectivity index (χ0v) is 15.1. The molecule has 3 rings (SSSR count). The molecule has 1 aromatic heterocycles. The summed E-state index contributed by atoms with van der Waals surface area (Å²) in [6, 6.07) is 4.29. The number of aryl methyl sites for hydroxylation is 1. The highest BCUT2D eigenvalue weighted by Gasteiger charge is 2.23. The maximum atomic E-state index is 12.4. The third kappa shape index (κ3) is 4.51. The number of nitro benzene ring substituents is 1. The first-order valence-corrected chi connectivity index (χ1v) is 8.32. The molecule has 1 saturated heterocycles. The summed E-state index contributed by atoms with van der Waals surface area (Å²) < 4.78 is 5.26. The number of nitrogens with zero attached hydrogens (tertiary/aromatic N) is 6. The van der Waals surface area contributed by atoms with Crippen molar-refractivity contribution < 1.29 is 14.5 Å². The average molecular weight is 392 g/mol. The van der Waals surface area contributed by atoms with E-state index >= 15 is 0 Å². The summed E-state index contributed by atoms with van der Waals surface area (Å²) in [5, 5.41) is 27.6. The number of carbonyl (C=O) groups is 1. The van der Waals surface area contributed by atoms with E-state index in [0.717, 1.165) is 0 Å². The minimum absolute atomic E-state index is 0.0482. The number of benzene rings is 1. The smallest absolute Gasteiger partial charge is 0.293 e. The molecule has 0 aliphatic carbocycles. The number of amides is 1. The number of carbonyl (C=O) groups excluding carboxylic acids is 1. The van der Waals surface area contributed by atoms with Gasteiger partial charge in [0, 0.05) is 24.7 Å². The highest BCUT2D eigenvalue weighted by Crippen LogP contribution is 2.29. The van der Waals surface area contributed by atoms with E-state index in [1.54, 1.807) is 13.1 Å². The molecule has 0 atom stereocenters. The van der Waals surface area contributed by atoms with Crippen molar-refractivity contribution in [2.45, 2.75) is 0 Å². The van der Waals surface area contributed by atoms with E-state index in [1.165, 1.54) is 16.9 Å². The second-order valence-corrected chi connectivity index (χ2v) is 5.98. The van der Waals surface area contributed by atoms with Gasteiger partial charge < -0.3 is 9.64 Å². The Balaban J connectivity index is 1.73. The van der Waals surface area contributed by atoms with Crippen LogP contribution in [0.1, 0.15) is 10.4 Å². The fraction of sp³-hybridized carbons (Fsp3) is 0.357. The molecule has 0 bridgehead atoms.